The third-order valence-corrected chi connectivity index (χ3v) is 4.91. The van der Waals surface area contributed by atoms with Crippen molar-refractivity contribution in [1.29, 1.82) is 0 Å². The zero-order valence-electron chi connectivity index (χ0n) is 15.2. The average molecular weight is 382 g/mol. The van der Waals surface area contributed by atoms with Crippen LogP contribution in [0.3, 0.4) is 0 Å². The van der Waals surface area contributed by atoms with Gasteiger partial charge in [0, 0.05) is 11.0 Å². The number of benzene rings is 4. The molecular formula is C25H19NOS. The third-order valence-electron chi connectivity index (χ3n) is 4.10. The summed E-state index contributed by atoms with van der Waals surface area (Å²) in [7, 11) is 0. The van der Waals surface area contributed by atoms with Gasteiger partial charge in [-0.25, -0.2) is 4.99 Å². The van der Waals surface area contributed by atoms with Crippen molar-refractivity contribution in [1.82, 2.24) is 0 Å². The van der Waals surface area contributed by atoms with Crippen molar-refractivity contribution in [3.63, 3.8) is 0 Å². The molecule has 4 rings (SSSR count). The minimum Gasteiger partial charge on any atom is -0.439 e. The second kappa shape index (κ2) is 9.07. The van der Waals surface area contributed by atoms with E-state index in [2.05, 4.69) is 35.3 Å². The minimum atomic E-state index is 0.546. The largest absolute Gasteiger partial charge is 0.439 e. The fourth-order valence-electron chi connectivity index (χ4n) is 2.75. The molecule has 4 aromatic rings. The summed E-state index contributed by atoms with van der Waals surface area (Å²) in [5.74, 6) is 1.31. The van der Waals surface area contributed by atoms with Crippen molar-refractivity contribution in [3.8, 4) is 5.75 Å². The van der Waals surface area contributed by atoms with Crippen molar-refractivity contribution >= 4 is 34.1 Å². The van der Waals surface area contributed by atoms with Gasteiger partial charge in [0.05, 0.1) is 5.69 Å². The fraction of sp³-hybridized carbons (Fsp3) is 0. The molecule has 0 aliphatic carbocycles. The highest BCUT2D eigenvalue weighted by molar-refractivity contribution is 8.02. The van der Waals surface area contributed by atoms with Gasteiger partial charge in [-0.05, 0) is 52.6 Å². The molecule has 0 aliphatic heterocycles. The lowest BCUT2D eigenvalue weighted by Gasteiger charge is -2.07. The normalized spacial score (nSPS) is 11.8. The monoisotopic (exact) mass is 381 g/mol. The Morgan fingerprint density at radius 1 is 0.714 bits per heavy atom. The number of hydrogen-bond donors (Lipinski definition) is 0. The lowest BCUT2D eigenvalue weighted by Crippen LogP contribution is -2.04. The summed E-state index contributed by atoms with van der Waals surface area (Å²) < 4.78 is 6.11. The Kier molecular flexibility index (Phi) is 5.86. The van der Waals surface area contributed by atoms with E-state index in [1.54, 1.807) is 11.8 Å². The van der Waals surface area contributed by atoms with Gasteiger partial charge in [-0.2, -0.15) is 0 Å². The van der Waals surface area contributed by atoms with Crippen molar-refractivity contribution in [2.45, 2.75) is 4.90 Å². The maximum Gasteiger partial charge on any atom is 0.220 e. The van der Waals surface area contributed by atoms with Crippen LogP contribution < -0.4 is 4.74 Å². The number of para-hydroxylation sites is 1. The first kappa shape index (κ1) is 18.1. The van der Waals surface area contributed by atoms with Crippen LogP contribution in [0.15, 0.2) is 125 Å². The van der Waals surface area contributed by atoms with E-state index in [1.165, 1.54) is 10.3 Å². The van der Waals surface area contributed by atoms with E-state index in [0.29, 0.717) is 5.90 Å². The molecular weight excluding hydrogens is 362 g/mol. The maximum absolute atomic E-state index is 6.11. The highest BCUT2D eigenvalue weighted by Gasteiger charge is 2.02. The van der Waals surface area contributed by atoms with E-state index in [9.17, 15) is 0 Å². The zero-order valence-corrected chi connectivity index (χ0v) is 16.0. The van der Waals surface area contributed by atoms with Crippen LogP contribution in [-0.4, -0.2) is 5.90 Å². The Balaban J connectivity index is 1.59. The van der Waals surface area contributed by atoms with E-state index in [0.717, 1.165) is 16.8 Å². The van der Waals surface area contributed by atoms with Gasteiger partial charge in [0.25, 0.3) is 0 Å². The summed E-state index contributed by atoms with van der Waals surface area (Å²) >= 11 is 1.63. The summed E-state index contributed by atoms with van der Waals surface area (Å²) in [6, 6.07) is 34.4. The molecule has 3 heteroatoms. The van der Waals surface area contributed by atoms with Crippen LogP contribution in [0.25, 0.3) is 10.8 Å². The second-order valence-electron chi connectivity index (χ2n) is 6.13. The molecule has 4 aromatic carbocycles. The molecule has 0 N–H and O–H groups in total. The van der Waals surface area contributed by atoms with E-state index in [1.807, 2.05) is 84.3 Å². The highest BCUT2D eigenvalue weighted by atomic mass is 32.2. The quantitative estimate of drug-likeness (QED) is 0.206. The van der Waals surface area contributed by atoms with Crippen molar-refractivity contribution in [2.75, 3.05) is 0 Å². The van der Waals surface area contributed by atoms with Gasteiger partial charge in [0.15, 0.2) is 0 Å². The molecule has 0 spiro atoms. The van der Waals surface area contributed by atoms with Gasteiger partial charge >= 0.3 is 0 Å². The second-order valence-corrected chi connectivity index (χ2v) is 7.11. The Bertz CT molecular complexity index is 1100. The van der Waals surface area contributed by atoms with Crippen LogP contribution in [-0.2, 0) is 0 Å². The maximum atomic E-state index is 6.11. The first-order chi connectivity index (χ1) is 13.9. The average Bonchev–Trinajstić information content (AvgIpc) is 2.75. The fourth-order valence-corrected chi connectivity index (χ4v) is 3.40. The molecule has 0 aliphatic rings. The van der Waals surface area contributed by atoms with Gasteiger partial charge < -0.3 is 4.74 Å². The predicted molar refractivity (Wildman–Crippen MR) is 120 cm³/mol. The molecule has 28 heavy (non-hydrogen) atoms. The smallest absolute Gasteiger partial charge is 0.220 e. The molecule has 2 nitrogen and oxygen atoms in total. The van der Waals surface area contributed by atoms with Crippen LogP contribution in [0.1, 0.15) is 0 Å². The molecule has 0 fully saturated rings. The number of ether oxygens (including phenoxy) is 1. The van der Waals surface area contributed by atoms with Gasteiger partial charge in [0.1, 0.15) is 5.75 Å². The van der Waals surface area contributed by atoms with Crippen molar-refractivity contribution < 1.29 is 4.74 Å². The number of thioether (sulfide) groups is 1. The Morgan fingerprint density at radius 3 is 2.18 bits per heavy atom. The standard InChI is InChI=1S/C25H19NOS/c1-3-11-22(12-4-1)26-25(17-18-28-24-13-5-2-6-14-24)27-23-16-15-20-9-7-8-10-21(20)19-23/h1-19H. The van der Waals surface area contributed by atoms with E-state index < -0.39 is 0 Å². The summed E-state index contributed by atoms with van der Waals surface area (Å²) in [6.45, 7) is 0. The Hall–Kier alpha value is -3.30. The summed E-state index contributed by atoms with van der Waals surface area (Å²) in [5.41, 5.74) is 0.854. The van der Waals surface area contributed by atoms with Crippen molar-refractivity contribution in [2.24, 2.45) is 4.99 Å². The number of aliphatic imine (C=N–C) groups is 1. The first-order valence-electron chi connectivity index (χ1n) is 9.05. The first-order valence-corrected chi connectivity index (χ1v) is 9.93. The van der Waals surface area contributed by atoms with E-state index in [4.69, 9.17) is 4.74 Å². The molecule has 0 atom stereocenters. The van der Waals surface area contributed by atoms with Crippen LogP contribution in [0.5, 0.6) is 5.75 Å². The predicted octanol–water partition coefficient (Wildman–Crippen LogP) is 7.25. The highest BCUT2D eigenvalue weighted by Crippen LogP contribution is 2.23. The molecule has 0 saturated carbocycles. The number of fused-ring (bicyclic) bond motifs is 1. The van der Waals surface area contributed by atoms with Crippen LogP contribution >= 0.6 is 11.8 Å². The molecule has 0 saturated heterocycles. The molecule has 136 valence electrons. The van der Waals surface area contributed by atoms with E-state index >= 15 is 0 Å². The summed E-state index contributed by atoms with van der Waals surface area (Å²) in [6.07, 6.45) is 1.90. The summed E-state index contributed by atoms with van der Waals surface area (Å²) in [5, 5.41) is 4.33. The topological polar surface area (TPSA) is 21.6 Å². The number of hydrogen-bond acceptors (Lipinski definition) is 3. The number of nitrogens with zero attached hydrogens (tertiary/aromatic N) is 1. The SMILES string of the molecule is C(=CC(=Nc1ccccc1)Oc1ccc2ccccc2c1)Sc1ccccc1. The van der Waals surface area contributed by atoms with Gasteiger partial charge in [-0.15, -0.1) is 0 Å². The van der Waals surface area contributed by atoms with Crippen LogP contribution in [0, 0.1) is 0 Å². The molecule has 0 heterocycles. The molecule has 0 radical (unpaired) electrons. The lowest BCUT2D eigenvalue weighted by atomic mass is 10.1. The van der Waals surface area contributed by atoms with Crippen LogP contribution in [0.4, 0.5) is 5.69 Å². The lowest BCUT2D eigenvalue weighted by molar-refractivity contribution is 0.557. The molecule has 0 unspecified atom stereocenters. The Morgan fingerprint density at radius 2 is 1.39 bits per heavy atom. The Labute approximate surface area is 169 Å². The molecule has 0 aromatic heterocycles. The van der Waals surface area contributed by atoms with Crippen LogP contribution in [0.2, 0.25) is 0 Å². The van der Waals surface area contributed by atoms with Gasteiger partial charge in [-0.3, -0.25) is 0 Å². The van der Waals surface area contributed by atoms with Gasteiger partial charge in [0.2, 0.25) is 5.90 Å². The molecule has 0 bridgehead atoms. The minimum absolute atomic E-state index is 0.546. The number of rotatable bonds is 5. The van der Waals surface area contributed by atoms with Crippen molar-refractivity contribution in [3.05, 3.63) is 115 Å². The summed E-state index contributed by atoms with van der Waals surface area (Å²) in [4.78, 5) is 5.83. The van der Waals surface area contributed by atoms with E-state index in [-0.39, 0.29) is 0 Å². The third kappa shape index (κ3) is 4.90. The van der Waals surface area contributed by atoms with Gasteiger partial charge in [-0.1, -0.05) is 78.5 Å². The zero-order chi connectivity index (χ0) is 19.0. The molecule has 0 amide bonds.